The monoisotopic (exact) mass is 340 g/mol. The van der Waals surface area contributed by atoms with Gasteiger partial charge in [0, 0.05) is 23.0 Å². The lowest BCUT2D eigenvalue weighted by Crippen LogP contribution is -2.40. The zero-order chi connectivity index (χ0) is 15.1. The molecule has 0 bridgehead atoms. The lowest BCUT2D eigenvalue weighted by Gasteiger charge is -2.19. The zero-order valence-corrected chi connectivity index (χ0v) is 14.1. The number of rotatable bonds is 7. The Bertz CT molecular complexity index is 434. The zero-order valence-electron chi connectivity index (χ0n) is 12.5. The van der Waals surface area contributed by atoms with Gasteiger partial charge in [-0.05, 0) is 37.0 Å². The molecule has 0 spiro atoms. The van der Waals surface area contributed by atoms with Crippen molar-refractivity contribution in [3.63, 3.8) is 0 Å². The Hall–Kier alpha value is -0.870. The van der Waals surface area contributed by atoms with Gasteiger partial charge in [-0.1, -0.05) is 48.3 Å². The first kappa shape index (κ1) is 17.2. The highest BCUT2D eigenvalue weighted by molar-refractivity contribution is 9.10. The molecular formula is C16H25BrN2O. The molecule has 0 saturated carbocycles. The van der Waals surface area contributed by atoms with E-state index in [4.69, 9.17) is 5.73 Å². The van der Waals surface area contributed by atoms with E-state index < -0.39 is 0 Å². The summed E-state index contributed by atoms with van der Waals surface area (Å²) in [6.45, 7) is 6.60. The van der Waals surface area contributed by atoms with Crippen LogP contribution in [0.5, 0.6) is 0 Å². The molecule has 3 unspecified atom stereocenters. The molecule has 20 heavy (non-hydrogen) atoms. The number of nitrogens with one attached hydrogen (secondary N) is 1. The van der Waals surface area contributed by atoms with Crippen LogP contribution in [0, 0.1) is 11.8 Å². The Balaban J connectivity index is 2.50. The second-order valence-corrected chi connectivity index (χ2v) is 6.42. The summed E-state index contributed by atoms with van der Waals surface area (Å²) in [5, 5.41) is 3.02. The third kappa shape index (κ3) is 5.63. The van der Waals surface area contributed by atoms with E-state index in [0.29, 0.717) is 12.5 Å². The van der Waals surface area contributed by atoms with Gasteiger partial charge < -0.3 is 11.1 Å². The lowest BCUT2D eigenvalue weighted by atomic mass is 9.96. The molecule has 1 amide bonds. The largest absolute Gasteiger partial charge is 0.356 e. The smallest absolute Gasteiger partial charge is 0.224 e. The minimum absolute atomic E-state index is 0.0488. The van der Waals surface area contributed by atoms with Crippen LogP contribution in [0.25, 0.3) is 0 Å². The molecule has 1 aromatic rings. The van der Waals surface area contributed by atoms with Crippen molar-refractivity contribution in [3.8, 4) is 0 Å². The summed E-state index contributed by atoms with van der Waals surface area (Å²) in [5.41, 5.74) is 7.04. The molecule has 4 heteroatoms. The predicted octanol–water partition coefficient (Wildman–Crippen LogP) is 3.12. The number of halogens is 1. The summed E-state index contributed by atoms with van der Waals surface area (Å²) in [6, 6.07) is 8.22. The number of hydrogen-bond acceptors (Lipinski definition) is 2. The Morgan fingerprint density at radius 2 is 2.10 bits per heavy atom. The van der Waals surface area contributed by atoms with Crippen LogP contribution in [0.3, 0.4) is 0 Å². The van der Waals surface area contributed by atoms with Crippen molar-refractivity contribution in [1.29, 1.82) is 0 Å². The van der Waals surface area contributed by atoms with Crippen LogP contribution < -0.4 is 11.1 Å². The van der Waals surface area contributed by atoms with Crippen molar-refractivity contribution >= 4 is 21.8 Å². The highest BCUT2D eigenvalue weighted by Gasteiger charge is 2.18. The fourth-order valence-corrected chi connectivity index (χ4v) is 2.45. The average Bonchev–Trinajstić information content (AvgIpc) is 2.42. The number of carbonyl (C=O) groups excluding carboxylic acids is 1. The standard InChI is InChI=1S/C16H25BrN2O/c1-4-13(8-14-6-5-7-15(17)9-14)10-19-16(20)11(2)12(3)18/h5-7,9,11-13H,4,8,10,18H2,1-3H3,(H,19,20). The molecule has 3 atom stereocenters. The highest BCUT2D eigenvalue weighted by atomic mass is 79.9. The third-order valence-corrected chi connectivity index (χ3v) is 4.25. The molecule has 0 aliphatic heterocycles. The Kier molecular flexibility index (Phi) is 7.24. The van der Waals surface area contributed by atoms with Crippen molar-refractivity contribution in [2.24, 2.45) is 17.6 Å². The normalized spacial score (nSPS) is 15.4. The van der Waals surface area contributed by atoms with E-state index >= 15 is 0 Å². The Morgan fingerprint density at radius 3 is 2.65 bits per heavy atom. The summed E-state index contributed by atoms with van der Waals surface area (Å²) in [5.74, 6) is 0.361. The molecule has 0 fully saturated rings. The second-order valence-electron chi connectivity index (χ2n) is 5.50. The van der Waals surface area contributed by atoms with Crippen molar-refractivity contribution in [3.05, 3.63) is 34.3 Å². The summed E-state index contributed by atoms with van der Waals surface area (Å²) >= 11 is 3.49. The first-order valence-corrected chi connectivity index (χ1v) is 8.01. The molecule has 0 radical (unpaired) electrons. The molecule has 1 rings (SSSR count). The van der Waals surface area contributed by atoms with Gasteiger partial charge in [0.05, 0.1) is 0 Å². The first-order chi connectivity index (χ1) is 9.43. The molecule has 0 saturated heterocycles. The van der Waals surface area contributed by atoms with Gasteiger partial charge in [0.15, 0.2) is 0 Å². The van der Waals surface area contributed by atoms with E-state index in [0.717, 1.165) is 17.3 Å². The van der Waals surface area contributed by atoms with Crippen LogP contribution in [-0.2, 0) is 11.2 Å². The van der Waals surface area contributed by atoms with Gasteiger partial charge in [-0.25, -0.2) is 0 Å². The SMILES string of the molecule is CCC(CNC(=O)C(C)C(C)N)Cc1cccc(Br)c1. The van der Waals surface area contributed by atoms with E-state index in [1.54, 1.807) is 0 Å². The van der Waals surface area contributed by atoms with Gasteiger partial charge in [-0.2, -0.15) is 0 Å². The molecular weight excluding hydrogens is 316 g/mol. The number of carbonyl (C=O) groups is 1. The molecule has 3 N–H and O–H groups in total. The number of hydrogen-bond donors (Lipinski definition) is 2. The van der Waals surface area contributed by atoms with Crippen LogP contribution in [-0.4, -0.2) is 18.5 Å². The van der Waals surface area contributed by atoms with Crippen LogP contribution in [0.2, 0.25) is 0 Å². The molecule has 0 heterocycles. The molecule has 0 aromatic heterocycles. The first-order valence-electron chi connectivity index (χ1n) is 7.21. The topological polar surface area (TPSA) is 55.1 Å². The van der Waals surface area contributed by atoms with E-state index in [2.05, 4.69) is 40.3 Å². The van der Waals surface area contributed by atoms with Gasteiger partial charge in [-0.3, -0.25) is 4.79 Å². The van der Waals surface area contributed by atoms with Crippen LogP contribution in [0.15, 0.2) is 28.7 Å². The number of benzene rings is 1. The fraction of sp³-hybridized carbons (Fsp3) is 0.562. The van der Waals surface area contributed by atoms with Crippen LogP contribution >= 0.6 is 15.9 Å². The van der Waals surface area contributed by atoms with Crippen LogP contribution in [0.4, 0.5) is 0 Å². The molecule has 0 aliphatic carbocycles. The minimum atomic E-state index is -0.140. The number of nitrogens with two attached hydrogens (primary N) is 1. The Labute approximate surface area is 130 Å². The van der Waals surface area contributed by atoms with E-state index in [-0.39, 0.29) is 17.9 Å². The van der Waals surface area contributed by atoms with Crippen molar-refractivity contribution in [1.82, 2.24) is 5.32 Å². The van der Waals surface area contributed by atoms with Crippen molar-refractivity contribution in [2.45, 2.75) is 39.7 Å². The Morgan fingerprint density at radius 1 is 1.40 bits per heavy atom. The summed E-state index contributed by atoms with van der Waals surface area (Å²) in [6.07, 6.45) is 2.02. The maximum atomic E-state index is 11.9. The average molecular weight is 341 g/mol. The highest BCUT2D eigenvalue weighted by Crippen LogP contribution is 2.16. The molecule has 112 valence electrons. The van der Waals surface area contributed by atoms with Gasteiger partial charge >= 0.3 is 0 Å². The maximum absolute atomic E-state index is 11.9. The van der Waals surface area contributed by atoms with E-state index in [9.17, 15) is 4.79 Å². The lowest BCUT2D eigenvalue weighted by molar-refractivity contribution is -0.125. The van der Waals surface area contributed by atoms with E-state index in [1.807, 2.05) is 26.0 Å². The van der Waals surface area contributed by atoms with Gasteiger partial charge in [0.2, 0.25) is 5.91 Å². The van der Waals surface area contributed by atoms with Gasteiger partial charge in [-0.15, -0.1) is 0 Å². The predicted molar refractivity (Wildman–Crippen MR) is 87.5 cm³/mol. The minimum Gasteiger partial charge on any atom is -0.356 e. The second kappa shape index (κ2) is 8.42. The summed E-state index contributed by atoms with van der Waals surface area (Å²) < 4.78 is 1.10. The summed E-state index contributed by atoms with van der Waals surface area (Å²) in [7, 11) is 0. The number of amides is 1. The van der Waals surface area contributed by atoms with Gasteiger partial charge in [0.1, 0.15) is 0 Å². The van der Waals surface area contributed by atoms with Crippen molar-refractivity contribution in [2.75, 3.05) is 6.54 Å². The quantitative estimate of drug-likeness (QED) is 0.801. The van der Waals surface area contributed by atoms with Gasteiger partial charge in [0.25, 0.3) is 0 Å². The molecule has 3 nitrogen and oxygen atoms in total. The third-order valence-electron chi connectivity index (χ3n) is 3.76. The van der Waals surface area contributed by atoms with E-state index in [1.165, 1.54) is 5.56 Å². The fourth-order valence-electron chi connectivity index (χ4n) is 2.00. The maximum Gasteiger partial charge on any atom is 0.224 e. The molecule has 1 aromatic carbocycles. The summed E-state index contributed by atoms with van der Waals surface area (Å²) in [4.78, 5) is 11.9. The van der Waals surface area contributed by atoms with Crippen molar-refractivity contribution < 1.29 is 4.79 Å². The molecule has 0 aliphatic rings. The van der Waals surface area contributed by atoms with Crippen LogP contribution in [0.1, 0.15) is 32.8 Å².